The highest BCUT2D eigenvalue weighted by Crippen LogP contribution is 2.18. The molecule has 0 atom stereocenters. The van der Waals surface area contributed by atoms with E-state index < -0.39 is 0 Å². The highest BCUT2D eigenvalue weighted by atomic mass is 127. The summed E-state index contributed by atoms with van der Waals surface area (Å²) in [5, 5.41) is 6.48. The van der Waals surface area contributed by atoms with Crippen molar-refractivity contribution in [1.82, 2.24) is 10.6 Å². The molecule has 1 aromatic rings. The number of aliphatic imine (C=N–C) groups is 1. The minimum atomic E-state index is -0.204. The van der Waals surface area contributed by atoms with E-state index >= 15 is 0 Å². The summed E-state index contributed by atoms with van der Waals surface area (Å²) in [6, 6.07) is 5.29. The van der Waals surface area contributed by atoms with Crippen molar-refractivity contribution in [2.45, 2.75) is 33.2 Å². The van der Waals surface area contributed by atoms with Gasteiger partial charge in [0, 0.05) is 34.2 Å². The van der Waals surface area contributed by atoms with E-state index in [1.54, 1.807) is 24.1 Å². The second kappa shape index (κ2) is 11.5. The fourth-order valence-electron chi connectivity index (χ4n) is 2.15. The predicted molar refractivity (Wildman–Crippen MR) is 108 cm³/mol. The molecule has 0 radical (unpaired) electrons. The molecule has 0 bridgehead atoms. The van der Waals surface area contributed by atoms with Gasteiger partial charge in [-0.05, 0) is 36.5 Å². The van der Waals surface area contributed by atoms with Gasteiger partial charge in [-0.1, -0.05) is 19.9 Å². The summed E-state index contributed by atoms with van der Waals surface area (Å²) in [5.74, 6) is 1.26. The normalized spacial score (nSPS) is 11.2. The van der Waals surface area contributed by atoms with Crippen LogP contribution in [-0.2, 0) is 6.54 Å². The van der Waals surface area contributed by atoms with Gasteiger partial charge in [0.2, 0.25) is 0 Å². The van der Waals surface area contributed by atoms with Crippen LogP contribution >= 0.6 is 24.0 Å². The smallest absolute Gasteiger partial charge is 0.191 e. The third kappa shape index (κ3) is 8.39. The maximum atomic E-state index is 13.9. The molecule has 0 fully saturated rings. The molecule has 132 valence electrons. The lowest BCUT2D eigenvalue weighted by atomic mass is 10.1. The Morgan fingerprint density at radius 3 is 2.48 bits per heavy atom. The molecular formula is C17H30FIN4. The van der Waals surface area contributed by atoms with Crippen LogP contribution in [0.25, 0.3) is 0 Å². The van der Waals surface area contributed by atoms with Crippen molar-refractivity contribution in [3.8, 4) is 0 Å². The Balaban J connectivity index is 0.00000484. The van der Waals surface area contributed by atoms with Crippen LogP contribution in [-0.4, -0.2) is 33.6 Å². The van der Waals surface area contributed by atoms with Gasteiger partial charge in [0.1, 0.15) is 5.82 Å². The number of nitrogens with zero attached hydrogens (tertiary/aromatic N) is 2. The average molecular weight is 436 g/mol. The van der Waals surface area contributed by atoms with Gasteiger partial charge in [0.15, 0.2) is 5.96 Å². The maximum Gasteiger partial charge on any atom is 0.191 e. The Morgan fingerprint density at radius 2 is 1.96 bits per heavy atom. The van der Waals surface area contributed by atoms with Gasteiger partial charge < -0.3 is 15.5 Å². The number of anilines is 1. The zero-order valence-corrected chi connectivity index (χ0v) is 17.1. The lowest BCUT2D eigenvalue weighted by Crippen LogP contribution is -2.37. The van der Waals surface area contributed by atoms with E-state index in [0.717, 1.165) is 30.4 Å². The minimum absolute atomic E-state index is 0. The van der Waals surface area contributed by atoms with Gasteiger partial charge in [-0.15, -0.1) is 24.0 Å². The first-order valence-electron chi connectivity index (χ1n) is 7.84. The summed E-state index contributed by atoms with van der Waals surface area (Å²) >= 11 is 0. The molecular weight excluding hydrogens is 406 g/mol. The van der Waals surface area contributed by atoms with Crippen molar-refractivity contribution < 1.29 is 4.39 Å². The monoisotopic (exact) mass is 436 g/mol. The van der Waals surface area contributed by atoms with Gasteiger partial charge >= 0.3 is 0 Å². The number of nitrogens with one attached hydrogen (secondary N) is 2. The zero-order valence-electron chi connectivity index (χ0n) is 14.8. The molecule has 0 aromatic heterocycles. The third-order valence-electron chi connectivity index (χ3n) is 3.43. The zero-order chi connectivity index (χ0) is 16.5. The fraction of sp³-hybridized carbons (Fsp3) is 0.588. The fourth-order valence-corrected chi connectivity index (χ4v) is 2.15. The summed E-state index contributed by atoms with van der Waals surface area (Å²) in [7, 11) is 5.41. The second-order valence-corrected chi connectivity index (χ2v) is 6.07. The number of hydrogen-bond donors (Lipinski definition) is 2. The molecule has 4 nitrogen and oxygen atoms in total. The average Bonchev–Trinajstić information content (AvgIpc) is 2.46. The topological polar surface area (TPSA) is 39.7 Å². The van der Waals surface area contributed by atoms with E-state index in [2.05, 4.69) is 29.5 Å². The Morgan fingerprint density at radius 1 is 1.26 bits per heavy atom. The number of rotatable bonds is 7. The standard InChI is InChI=1S/C17H29FN4.HI/c1-13(2)7-6-10-20-17(19-3)21-12-14-8-9-16(22(4)5)15(18)11-14;/h8-9,11,13H,6-7,10,12H2,1-5H3,(H2,19,20,21);1H. The van der Waals surface area contributed by atoms with Crippen LogP contribution in [0.1, 0.15) is 32.3 Å². The number of halogens is 2. The summed E-state index contributed by atoms with van der Waals surface area (Å²) < 4.78 is 13.9. The molecule has 1 rings (SSSR count). The van der Waals surface area contributed by atoms with E-state index in [0.29, 0.717) is 12.2 Å². The van der Waals surface area contributed by atoms with Crippen LogP contribution in [0.3, 0.4) is 0 Å². The van der Waals surface area contributed by atoms with Crippen molar-refractivity contribution >= 4 is 35.6 Å². The number of benzene rings is 1. The highest BCUT2D eigenvalue weighted by molar-refractivity contribution is 14.0. The molecule has 0 heterocycles. The molecule has 0 unspecified atom stereocenters. The summed E-state index contributed by atoms with van der Waals surface area (Å²) in [4.78, 5) is 5.95. The summed E-state index contributed by atoms with van der Waals surface area (Å²) in [6.45, 7) is 5.89. The molecule has 6 heteroatoms. The van der Waals surface area contributed by atoms with Crippen molar-refractivity contribution in [3.63, 3.8) is 0 Å². The van der Waals surface area contributed by atoms with Crippen molar-refractivity contribution in [1.29, 1.82) is 0 Å². The van der Waals surface area contributed by atoms with Crippen LogP contribution < -0.4 is 15.5 Å². The maximum absolute atomic E-state index is 13.9. The molecule has 0 spiro atoms. The van der Waals surface area contributed by atoms with E-state index in [1.165, 1.54) is 6.42 Å². The molecule has 0 aliphatic rings. The van der Waals surface area contributed by atoms with Crippen molar-refractivity contribution in [3.05, 3.63) is 29.6 Å². The van der Waals surface area contributed by atoms with E-state index in [4.69, 9.17) is 0 Å². The van der Waals surface area contributed by atoms with Crippen LogP contribution in [0.2, 0.25) is 0 Å². The first-order chi connectivity index (χ1) is 10.4. The molecule has 0 aliphatic carbocycles. The Bertz CT molecular complexity index is 489. The van der Waals surface area contributed by atoms with Crippen LogP contribution in [0, 0.1) is 11.7 Å². The van der Waals surface area contributed by atoms with E-state index in [1.807, 2.05) is 20.2 Å². The minimum Gasteiger partial charge on any atom is -0.375 e. The molecule has 1 aromatic carbocycles. The number of hydrogen-bond acceptors (Lipinski definition) is 2. The predicted octanol–water partition coefficient (Wildman–Crippen LogP) is 3.61. The first-order valence-corrected chi connectivity index (χ1v) is 7.84. The van der Waals surface area contributed by atoms with Crippen LogP contribution in [0.15, 0.2) is 23.2 Å². The Kier molecular flexibility index (Phi) is 11.0. The van der Waals surface area contributed by atoms with Gasteiger partial charge in [0.05, 0.1) is 5.69 Å². The molecule has 0 amide bonds. The molecule has 23 heavy (non-hydrogen) atoms. The molecule has 2 N–H and O–H groups in total. The van der Waals surface area contributed by atoms with Crippen LogP contribution in [0.5, 0.6) is 0 Å². The van der Waals surface area contributed by atoms with E-state index in [-0.39, 0.29) is 29.8 Å². The largest absolute Gasteiger partial charge is 0.375 e. The number of guanidine groups is 1. The van der Waals surface area contributed by atoms with Crippen molar-refractivity contribution in [2.75, 3.05) is 32.6 Å². The first kappa shape index (κ1) is 21.9. The SMILES string of the molecule is CN=C(NCCCC(C)C)NCc1ccc(N(C)C)c(F)c1.I. The van der Waals surface area contributed by atoms with Crippen LogP contribution in [0.4, 0.5) is 10.1 Å². The van der Waals surface area contributed by atoms with Gasteiger partial charge in [-0.3, -0.25) is 4.99 Å². The summed E-state index contributed by atoms with van der Waals surface area (Å²) in [5.41, 5.74) is 1.49. The summed E-state index contributed by atoms with van der Waals surface area (Å²) in [6.07, 6.45) is 2.31. The molecule has 0 saturated heterocycles. The lowest BCUT2D eigenvalue weighted by Gasteiger charge is -2.15. The molecule has 0 saturated carbocycles. The highest BCUT2D eigenvalue weighted by Gasteiger charge is 2.06. The Labute approximate surface area is 157 Å². The Hall–Kier alpha value is -1.05. The quantitative estimate of drug-likeness (QED) is 0.297. The third-order valence-corrected chi connectivity index (χ3v) is 3.43. The lowest BCUT2D eigenvalue weighted by molar-refractivity contribution is 0.549. The molecule has 0 aliphatic heterocycles. The van der Waals surface area contributed by atoms with Gasteiger partial charge in [-0.25, -0.2) is 4.39 Å². The second-order valence-electron chi connectivity index (χ2n) is 6.07. The van der Waals surface area contributed by atoms with E-state index in [9.17, 15) is 4.39 Å². The van der Waals surface area contributed by atoms with Gasteiger partial charge in [0.25, 0.3) is 0 Å². The van der Waals surface area contributed by atoms with Gasteiger partial charge in [-0.2, -0.15) is 0 Å². The van der Waals surface area contributed by atoms with Crippen molar-refractivity contribution in [2.24, 2.45) is 10.9 Å².